The molecule has 108 valence electrons. The van der Waals surface area contributed by atoms with E-state index in [-0.39, 0.29) is 4.90 Å². The molecule has 0 radical (unpaired) electrons. The highest BCUT2D eigenvalue weighted by Gasteiger charge is 2.19. The summed E-state index contributed by atoms with van der Waals surface area (Å²) in [5, 5.41) is 2.96. The van der Waals surface area contributed by atoms with Crippen molar-refractivity contribution < 1.29 is 8.42 Å². The molecule has 2 N–H and O–H groups in total. The van der Waals surface area contributed by atoms with E-state index in [2.05, 4.69) is 37.9 Å². The molecule has 5 nitrogen and oxygen atoms in total. The molecule has 7 heteroatoms. The number of halogens is 1. The Morgan fingerprint density at radius 2 is 2.05 bits per heavy atom. The van der Waals surface area contributed by atoms with Gasteiger partial charge in [0.2, 0.25) is 10.0 Å². The highest BCUT2D eigenvalue weighted by atomic mass is 79.9. The average molecular weight is 350 g/mol. The summed E-state index contributed by atoms with van der Waals surface area (Å²) in [5.41, 5.74) is 0. The summed E-state index contributed by atoms with van der Waals surface area (Å²) in [6.45, 7) is 5.05. The highest BCUT2D eigenvalue weighted by Crippen LogP contribution is 2.22. The van der Waals surface area contributed by atoms with Gasteiger partial charge in [0.05, 0.1) is 0 Å². The SMILES string of the molecule is CCCCCNS(=O)(=O)c1cc(Br)cnc1NCC. The summed E-state index contributed by atoms with van der Waals surface area (Å²) in [5.74, 6) is 0.383. The largest absolute Gasteiger partial charge is 0.369 e. The van der Waals surface area contributed by atoms with Crippen molar-refractivity contribution in [2.24, 2.45) is 0 Å². The van der Waals surface area contributed by atoms with Gasteiger partial charge < -0.3 is 5.32 Å². The van der Waals surface area contributed by atoms with Crippen molar-refractivity contribution in [3.8, 4) is 0 Å². The zero-order chi connectivity index (χ0) is 14.3. The predicted molar refractivity (Wildman–Crippen MR) is 80.8 cm³/mol. The van der Waals surface area contributed by atoms with Gasteiger partial charge in [0.25, 0.3) is 0 Å². The molecule has 0 saturated heterocycles. The second-order valence-electron chi connectivity index (χ2n) is 4.14. The van der Waals surface area contributed by atoms with E-state index in [0.29, 0.717) is 23.4 Å². The molecule has 0 aliphatic rings. The smallest absolute Gasteiger partial charge is 0.244 e. The molecule has 0 amide bonds. The Kier molecular flexibility index (Phi) is 6.74. The Bertz CT molecular complexity index is 506. The number of aromatic nitrogens is 1. The molecule has 0 spiro atoms. The van der Waals surface area contributed by atoms with Gasteiger partial charge in [-0.05, 0) is 35.3 Å². The Labute approximate surface area is 123 Å². The van der Waals surface area contributed by atoms with E-state index in [1.807, 2.05) is 6.92 Å². The third-order valence-corrected chi connectivity index (χ3v) is 4.43. The second kappa shape index (κ2) is 7.81. The molecule has 0 aromatic carbocycles. The van der Waals surface area contributed by atoms with E-state index in [4.69, 9.17) is 0 Å². The molecular weight excluding hydrogens is 330 g/mol. The minimum absolute atomic E-state index is 0.181. The number of rotatable bonds is 8. The number of sulfonamides is 1. The number of anilines is 1. The molecule has 1 aromatic rings. The molecule has 1 aromatic heterocycles. The van der Waals surface area contributed by atoms with Crippen LogP contribution in [0.5, 0.6) is 0 Å². The van der Waals surface area contributed by atoms with Crippen molar-refractivity contribution in [3.05, 3.63) is 16.7 Å². The maximum absolute atomic E-state index is 12.2. The maximum Gasteiger partial charge on any atom is 0.244 e. The summed E-state index contributed by atoms with van der Waals surface area (Å²) in [6.07, 6.45) is 4.49. The topological polar surface area (TPSA) is 71.1 Å². The van der Waals surface area contributed by atoms with Gasteiger partial charge in [-0.25, -0.2) is 18.1 Å². The Morgan fingerprint density at radius 3 is 2.68 bits per heavy atom. The van der Waals surface area contributed by atoms with E-state index in [9.17, 15) is 8.42 Å². The fourth-order valence-electron chi connectivity index (χ4n) is 1.59. The minimum Gasteiger partial charge on any atom is -0.369 e. The fraction of sp³-hybridized carbons (Fsp3) is 0.583. The van der Waals surface area contributed by atoms with Gasteiger partial charge in [0, 0.05) is 23.8 Å². The molecule has 19 heavy (non-hydrogen) atoms. The van der Waals surface area contributed by atoms with Gasteiger partial charge in [-0.3, -0.25) is 0 Å². The van der Waals surface area contributed by atoms with Crippen LogP contribution < -0.4 is 10.0 Å². The molecule has 0 fully saturated rings. The first kappa shape index (κ1) is 16.4. The summed E-state index contributed by atoms with van der Waals surface area (Å²) >= 11 is 3.25. The lowest BCUT2D eigenvalue weighted by Gasteiger charge is -2.11. The quantitative estimate of drug-likeness (QED) is 0.708. The van der Waals surface area contributed by atoms with Crippen molar-refractivity contribution in [2.45, 2.75) is 38.0 Å². The third kappa shape index (κ3) is 5.08. The Hall–Kier alpha value is -0.660. The number of unbranched alkanes of at least 4 members (excludes halogenated alkanes) is 2. The maximum atomic E-state index is 12.2. The van der Waals surface area contributed by atoms with Gasteiger partial charge >= 0.3 is 0 Å². The monoisotopic (exact) mass is 349 g/mol. The van der Waals surface area contributed by atoms with Gasteiger partial charge in [-0.2, -0.15) is 0 Å². The molecular formula is C12H20BrN3O2S. The van der Waals surface area contributed by atoms with Crippen LogP contribution in [-0.2, 0) is 10.0 Å². The first-order chi connectivity index (χ1) is 9.01. The van der Waals surface area contributed by atoms with Crippen LogP contribution in [0.2, 0.25) is 0 Å². The third-order valence-electron chi connectivity index (χ3n) is 2.53. The lowest BCUT2D eigenvalue weighted by Crippen LogP contribution is -2.26. The molecule has 0 aliphatic heterocycles. The van der Waals surface area contributed by atoms with E-state index >= 15 is 0 Å². The average Bonchev–Trinajstić information content (AvgIpc) is 2.37. The number of nitrogens with zero attached hydrogens (tertiary/aromatic N) is 1. The van der Waals surface area contributed by atoms with Crippen LogP contribution in [0.15, 0.2) is 21.6 Å². The molecule has 0 aliphatic carbocycles. The van der Waals surface area contributed by atoms with E-state index in [0.717, 1.165) is 19.3 Å². The molecule has 1 heterocycles. The van der Waals surface area contributed by atoms with Crippen molar-refractivity contribution in [1.82, 2.24) is 9.71 Å². The molecule has 1 rings (SSSR count). The summed E-state index contributed by atoms with van der Waals surface area (Å²) < 4.78 is 27.7. The van der Waals surface area contributed by atoms with Crippen molar-refractivity contribution in [2.75, 3.05) is 18.4 Å². The molecule has 0 bridgehead atoms. The fourth-order valence-corrected chi connectivity index (χ4v) is 3.30. The molecule has 0 atom stereocenters. The van der Waals surface area contributed by atoms with Gasteiger partial charge in [0.15, 0.2) is 0 Å². The lowest BCUT2D eigenvalue weighted by molar-refractivity contribution is 0.576. The summed E-state index contributed by atoms with van der Waals surface area (Å²) in [7, 11) is -3.52. The van der Waals surface area contributed by atoms with Crippen LogP contribution in [-0.4, -0.2) is 26.5 Å². The van der Waals surface area contributed by atoms with Crippen molar-refractivity contribution in [3.63, 3.8) is 0 Å². The van der Waals surface area contributed by atoms with Crippen molar-refractivity contribution >= 4 is 31.8 Å². The first-order valence-corrected chi connectivity index (χ1v) is 8.68. The normalized spacial score (nSPS) is 11.5. The Morgan fingerprint density at radius 1 is 1.32 bits per heavy atom. The van der Waals surface area contributed by atoms with Gasteiger partial charge in [0.1, 0.15) is 10.7 Å². The van der Waals surface area contributed by atoms with Gasteiger partial charge in [-0.15, -0.1) is 0 Å². The zero-order valence-electron chi connectivity index (χ0n) is 11.2. The second-order valence-corrected chi connectivity index (χ2v) is 6.79. The number of nitrogens with one attached hydrogen (secondary N) is 2. The zero-order valence-corrected chi connectivity index (χ0v) is 13.6. The van der Waals surface area contributed by atoms with Crippen LogP contribution in [0.3, 0.4) is 0 Å². The van der Waals surface area contributed by atoms with E-state index in [1.165, 1.54) is 0 Å². The van der Waals surface area contributed by atoms with E-state index < -0.39 is 10.0 Å². The predicted octanol–water partition coefficient (Wildman–Crippen LogP) is 2.74. The van der Waals surface area contributed by atoms with E-state index in [1.54, 1.807) is 12.3 Å². The summed E-state index contributed by atoms with van der Waals surface area (Å²) in [4.78, 5) is 4.28. The summed E-state index contributed by atoms with van der Waals surface area (Å²) in [6, 6.07) is 1.56. The number of pyridine rings is 1. The van der Waals surface area contributed by atoms with Crippen LogP contribution in [0.4, 0.5) is 5.82 Å². The highest BCUT2D eigenvalue weighted by molar-refractivity contribution is 9.10. The molecule has 0 unspecified atom stereocenters. The van der Waals surface area contributed by atoms with Crippen LogP contribution in [0, 0.1) is 0 Å². The number of hydrogen-bond donors (Lipinski definition) is 2. The molecule has 0 saturated carbocycles. The first-order valence-electron chi connectivity index (χ1n) is 6.40. The van der Waals surface area contributed by atoms with Crippen molar-refractivity contribution in [1.29, 1.82) is 0 Å². The standard InChI is InChI=1S/C12H20BrN3O2S/c1-3-5-6-7-16-19(17,18)11-8-10(13)9-15-12(11)14-4-2/h8-9,16H,3-7H2,1-2H3,(H,14,15). The van der Waals surface area contributed by atoms with Crippen LogP contribution >= 0.6 is 15.9 Å². The van der Waals surface area contributed by atoms with Gasteiger partial charge in [-0.1, -0.05) is 19.8 Å². The van der Waals surface area contributed by atoms with Crippen LogP contribution in [0.25, 0.3) is 0 Å². The minimum atomic E-state index is -3.52. The lowest BCUT2D eigenvalue weighted by atomic mass is 10.3. The Balaban J connectivity index is 2.89. The van der Waals surface area contributed by atoms with Crippen LogP contribution in [0.1, 0.15) is 33.1 Å². The number of hydrogen-bond acceptors (Lipinski definition) is 4.